The average molecular weight is 351 g/mol. The minimum atomic E-state index is 0.485. The molecule has 2 heterocycles. The molecule has 2 aromatic carbocycles. The van der Waals surface area contributed by atoms with E-state index < -0.39 is 0 Å². The Bertz CT molecular complexity index is 907. The summed E-state index contributed by atoms with van der Waals surface area (Å²) in [6.45, 7) is 2.55. The van der Waals surface area contributed by atoms with E-state index in [0.717, 1.165) is 25.1 Å². The van der Waals surface area contributed by atoms with Crippen LogP contribution in [0.2, 0.25) is 0 Å². The van der Waals surface area contributed by atoms with Crippen molar-refractivity contribution in [1.82, 2.24) is 15.1 Å². The zero-order chi connectivity index (χ0) is 17.9. The molecule has 4 rings (SSSR count). The van der Waals surface area contributed by atoms with Crippen molar-refractivity contribution in [2.24, 2.45) is 0 Å². The van der Waals surface area contributed by atoms with Gasteiger partial charge in [0.2, 0.25) is 11.8 Å². The molecule has 0 atom stereocenters. The van der Waals surface area contributed by atoms with Gasteiger partial charge >= 0.3 is 0 Å². The molecule has 0 aliphatic carbocycles. The lowest BCUT2D eigenvalue weighted by Crippen LogP contribution is -2.30. The number of fused-ring (bicyclic) bond motifs is 1. The number of rotatable bonds is 5. The molecule has 3 aromatic rings. The normalized spacial score (nSPS) is 14.1. The summed E-state index contributed by atoms with van der Waals surface area (Å²) in [5.41, 5.74) is 3.61. The van der Waals surface area contributed by atoms with Gasteiger partial charge in [0.1, 0.15) is 0 Å². The summed E-state index contributed by atoms with van der Waals surface area (Å²) >= 11 is 0. The zero-order valence-corrected chi connectivity index (χ0v) is 14.9. The minimum absolute atomic E-state index is 0.485. The number of hydrogen-bond donors (Lipinski definition) is 0. The van der Waals surface area contributed by atoms with Crippen LogP contribution < -0.4 is 9.47 Å². The van der Waals surface area contributed by atoms with Gasteiger partial charge in [-0.05, 0) is 35.7 Å². The quantitative estimate of drug-likeness (QED) is 0.703. The molecule has 0 N–H and O–H groups in total. The lowest BCUT2D eigenvalue weighted by atomic mass is 10.00. The molecule has 0 saturated heterocycles. The molecule has 6 nitrogen and oxygen atoms in total. The Hall–Kier alpha value is -2.86. The number of benzene rings is 2. The van der Waals surface area contributed by atoms with E-state index in [9.17, 15) is 0 Å². The third-order valence-corrected chi connectivity index (χ3v) is 4.67. The summed E-state index contributed by atoms with van der Waals surface area (Å²) in [5.74, 6) is 2.41. The van der Waals surface area contributed by atoms with Gasteiger partial charge in [0.15, 0.2) is 11.5 Å². The summed E-state index contributed by atoms with van der Waals surface area (Å²) in [6, 6.07) is 14.1. The van der Waals surface area contributed by atoms with E-state index >= 15 is 0 Å². The summed E-state index contributed by atoms with van der Waals surface area (Å²) in [4.78, 5) is 2.33. The maximum Gasteiger partial charge on any atom is 0.247 e. The van der Waals surface area contributed by atoms with E-state index in [4.69, 9.17) is 13.9 Å². The van der Waals surface area contributed by atoms with E-state index in [2.05, 4.69) is 39.4 Å². The van der Waals surface area contributed by atoms with Gasteiger partial charge in [-0.25, -0.2) is 0 Å². The standard InChI is InChI=1S/C20H21N3O3/c1-24-17-8-7-15(11-18(17)25-2)20-22-21-19(26-20)13-23-10-9-14-5-3-4-6-16(14)12-23/h3-8,11H,9-10,12-13H2,1-2H3. The molecule has 6 heteroatoms. The molecule has 1 aromatic heterocycles. The van der Waals surface area contributed by atoms with Crippen molar-refractivity contribution in [3.63, 3.8) is 0 Å². The Balaban J connectivity index is 1.49. The van der Waals surface area contributed by atoms with Crippen LogP contribution in [0.25, 0.3) is 11.5 Å². The molecule has 1 aliphatic heterocycles. The van der Waals surface area contributed by atoms with Crippen LogP contribution in [0, 0.1) is 0 Å². The van der Waals surface area contributed by atoms with Crippen molar-refractivity contribution in [3.05, 3.63) is 59.5 Å². The van der Waals surface area contributed by atoms with Crippen LogP contribution in [-0.4, -0.2) is 35.9 Å². The third kappa shape index (κ3) is 3.28. The molecule has 0 amide bonds. The van der Waals surface area contributed by atoms with Crippen molar-refractivity contribution in [2.75, 3.05) is 20.8 Å². The van der Waals surface area contributed by atoms with E-state index in [-0.39, 0.29) is 0 Å². The first-order valence-electron chi connectivity index (χ1n) is 8.60. The Kier molecular flexibility index (Phi) is 4.58. The van der Waals surface area contributed by atoms with Crippen LogP contribution in [0.1, 0.15) is 17.0 Å². The van der Waals surface area contributed by atoms with Crippen LogP contribution in [0.4, 0.5) is 0 Å². The Morgan fingerprint density at radius 1 is 1.00 bits per heavy atom. The second kappa shape index (κ2) is 7.17. The molecule has 0 unspecified atom stereocenters. The third-order valence-electron chi connectivity index (χ3n) is 4.67. The van der Waals surface area contributed by atoms with Gasteiger partial charge < -0.3 is 13.9 Å². The monoisotopic (exact) mass is 351 g/mol. The first kappa shape index (κ1) is 16.6. The lowest BCUT2D eigenvalue weighted by molar-refractivity contribution is 0.222. The molecule has 0 fully saturated rings. The van der Waals surface area contributed by atoms with Crippen LogP contribution in [-0.2, 0) is 19.5 Å². The molecule has 0 saturated carbocycles. The topological polar surface area (TPSA) is 60.6 Å². The van der Waals surface area contributed by atoms with Crippen molar-refractivity contribution in [2.45, 2.75) is 19.5 Å². The molecule has 0 spiro atoms. The lowest BCUT2D eigenvalue weighted by Gasteiger charge is -2.27. The molecular weight excluding hydrogens is 330 g/mol. The van der Waals surface area contributed by atoms with E-state index in [1.807, 2.05) is 18.2 Å². The second-order valence-corrected chi connectivity index (χ2v) is 6.30. The van der Waals surface area contributed by atoms with E-state index in [0.29, 0.717) is 29.8 Å². The van der Waals surface area contributed by atoms with Crippen molar-refractivity contribution >= 4 is 0 Å². The highest BCUT2D eigenvalue weighted by Gasteiger charge is 2.19. The zero-order valence-electron chi connectivity index (χ0n) is 14.9. The summed E-state index contributed by atoms with van der Waals surface area (Å²) in [6.07, 6.45) is 1.05. The van der Waals surface area contributed by atoms with Crippen LogP contribution in [0.15, 0.2) is 46.9 Å². The summed E-state index contributed by atoms with van der Waals surface area (Å²) < 4.78 is 16.5. The second-order valence-electron chi connectivity index (χ2n) is 6.30. The Morgan fingerprint density at radius 2 is 1.81 bits per heavy atom. The highest BCUT2D eigenvalue weighted by atomic mass is 16.5. The Morgan fingerprint density at radius 3 is 2.62 bits per heavy atom. The van der Waals surface area contributed by atoms with Gasteiger partial charge in [0, 0.05) is 18.7 Å². The van der Waals surface area contributed by atoms with E-state index in [1.54, 1.807) is 14.2 Å². The van der Waals surface area contributed by atoms with Crippen molar-refractivity contribution in [1.29, 1.82) is 0 Å². The summed E-state index contributed by atoms with van der Waals surface area (Å²) in [5, 5.41) is 8.40. The fourth-order valence-corrected chi connectivity index (χ4v) is 3.28. The molecule has 134 valence electrons. The smallest absolute Gasteiger partial charge is 0.247 e. The SMILES string of the molecule is COc1ccc(-c2nnc(CN3CCc4ccccc4C3)o2)cc1OC. The predicted molar refractivity (Wildman–Crippen MR) is 97.1 cm³/mol. The minimum Gasteiger partial charge on any atom is -0.493 e. The fraction of sp³-hybridized carbons (Fsp3) is 0.300. The predicted octanol–water partition coefficient (Wildman–Crippen LogP) is 3.31. The van der Waals surface area contributed by atoms with Gasteiger partial charge in [-0.15, -0.1) is 10.2 Å². The number of nitrogens with zero attached hydrogens (tertiary/aromatic N) is 3. The number of ether oxygens (including phenoxy) is 2. The van der Waals surface area contributed by atoms with Crippen molar-refractivity contribution < 1.29 is 13.9 Å². The van der Waals surface area contributed by atoms with Gasteiger partial charge in [-0.1, -0.05) is 24.3 Å². The first-order chi connectivity index (χ1) is 12.8. The van der Waals surface area contributed by atoms with Crippen LogP contribution >= 0.6 is 0 Å². The fourth-order valence-electron chi connectivity index (χ4n) is 3.28. The van der Waals surface area contributed by atoms with E-state index in [1.165, 1.54) is 11.1 Å². The molecule has 26 heavy (non-hydrogen) atoms. The molecular formula is C20H21N3O3. The highest BCUT2D eigenvalue weighted by molar-refractivity contribution is 5.59. The molecule has 0 bridgehead atoms. The summed E-state index contributed by atoms with van der Waals surface area (Å²) in [7, 11) is 3.22. The molecule has 1 aliphatic rings. The maximum absolute atomic E-state index is 5.87. The maximum atomic E-state index is 5.87. The van der Waals surface area contributed by atoms with Crippen molar-refractivity contribution in [3.8, 4) is 23.0 Å². The van der Waals surface area contributed by atoms with Crippen LogP contribution in [0.5, 0.6) is 11.5 Å². The largest absolute Gasteiger partial charge is 0.493 e. The van der Waals surface area contributed by atoms with Gasteiger partial charge in [-0.2, -0.15) is 0 Å². The van der Waals surface area contributed by atoms with Gasteiger partial charge in [0.25, 0.3) is 0 Å². The average Bonchev–Trinajstić information content (AvgIpc) is 3.15. The van der Waals surface area contributed by atoms with Gasteiger partial charge in [0.05, 0.1) is 20.8 Å². The first-order valence-corrected chi connectivity index (χ1v) is 8.60. The van der Waals surface area contributed by atoms with Gasteiger partial charge in [-0.3, -0.25) is 4.90 Å². The highest BCUT2D eigenvalue weighted by Crippen LogP contribution is 2.32. The number of methoxy groups -OCH3 is 2. The molecule has 0 radical (unpaired) electrons. The van der Waals surface area contributed by atoms with Crippen LogP contribution in [0.3, 0.4) is 0 Å². The number of hydrogen-bond acceptors (Lipinski definition) is 6. The number of aromatic nitrogens is 2. The Labute approximate surface area is 152 Å².